The van der Waals surface area contributed by atoms with Crippen molar-refractivity contribution in [2.24, 2.45) is 5.92 Å². The second kappa shape index (κ2) is 4.77. The molecule has 0 spiro atoms. The highest BCUT2D eigenvalue weighted by molar-refractivity contribution is 5.17. The maximum atomic E-state index is 4.30. The van der Waals surface area contributed by atoms with E-state index in [1.807, 2.05) is 0 Å². The third kappa shape index (κ3) is 2.80. The molecule has 0 aromatic carbocycles. The first kappa shape index (κ1) is 12.2. The molecule has 1 aromatic rings. The normalized spacial score (nSPS) is 12.1. The summed E-state index contributed by atoms with van der Waals surface area (Å²) in [5.41, 5.74) is 2.46. The first-order valence-corrected chi connectivity index (χ1v) is 5.86. The Hall–Kier alpha value is -0.860. The van der Waals surface area contributed by atoms with Crippen molar-refractivity contribution in [3.05, 3.63) is 11.4 Å². The first-order chi connectivity index (χ1) is 6.93. The molecule has 0 saturated heterocycles. The molecule has 0 amide bonds. The Morgan fingerprint density at radius 3 is 2.00 bits per heavy atom. The van der Waals surface area contributed by atoms with Gasteiger partial charge in [0.1, 0.15) is 0 Å². The van der Waals surface area contributed by atoms with Gasteiger partial charge in [0.2, 0.25) is 0 Å². The molecular formula is C12H23N3. The van der Waals surface area contributed by atoms with Gasteiger partial charge in [-0.1, -0.05) is 46.8 Å². The molecule has 0 radical (unpaired) electrons. The Balaban J connectivity index is 3.06. The van der Waals surface area contributed by atoms with Crippen molar-refractivity contribution < 1.29 is 0 Å². The van der Waals surface area contributed by atoms with Crippen molar-refractivity contribution >= 4 is 0 Å². The molecule has 0 fully saturated rings. The number of hydrogen-bond acceptors (Lipinski definition) is 2. The first-order valence-electron chi connectivity index (χ1n) is 5.86. The molecule has 86 valence electrons. The molecule has 0 unspecified atom stereocenters. The summed E-state index contributed by atoms with van der Waals surface area (Å²) in [6.45, 7) is 14.2. The highest BCUT2D eigenvalue weighted by Crippen LogP contribution is 2.24. The van der Waals surface area contributed by atoms with E-state index in [1.165, 1.54) is 5.69 Å². The molecule has 3 heteroatoms. The molecule has 1 heterocycles. The molecule has 0 aliphatic carbocycles. The van der Waals surface area contributed by atoms with Gasteiger partial charge in [-0.05, 0) is 17.8 Å². The Morgan fingerprint density at radius 2 is 1.60 bits per heavy atom. The zero-order valence-corrected chi connectivity index (χ0v) is 10.8. The standard InChI is InChI=1S/C12H23N3/c1-8(2)7-15-12(10(5)6)11(9(3)4)13-14-15/h8-10H,7H2,1-6H3. The van der Waals surface area contributed by atoms with E-state index in [-0.39, 0.29) is 0 Å². The minimum atomic E-state index is 0.461. The van der Waals surface area contributed by atoms with Gasteiger partial charge in [0, 0.05) is 6.54 Å². The highest BCUT2D eigenvalue weighted by atomic mass is 15.4. The lowest BCUT2D eigenvalue weighted by Crippen LogP contribution is -2.12. The van der Waals surface area contributed by atoms with Crippen LogP contribution in [0.25, 0.3) is 0 Å². The van der Waals surface area contributed by atoms with E-state index in [0.29, 0.717) is 17.8 Å². The van der Waals surface area contributed by atoms with Gasteiger partial charge in [0.25, 0.3) is 0 Å². The van der Waals surface area contributed by atoms with Gasteiger partial charge in [-0.25, -0.2) is 4.68 Å². The average molecular weight is 209 g/mol. The van der Waals surface area contributed by atoms with E-state index in [1.54, 1.807) is 0 Å². The fourth-order valence-corrected chi connectivity index (χ4v) is 1.82. The van der Waals surface area contributed by atoms with Crippen LogP contribution in [0, 0.1) is 5.92 Å². The van der Waals surface area contributed by atoms with Crippen LogP contribution in [0.4, 0.5) is 0 Å². The second-order valence-electron chi connectivity index (χ2n) is 5.25. The Morgan fingerprint density at radius 1 is 1.00 bits per heavy atom. The second-order valence-corrected chi connectivity index (χ2v) is 5.25. The van der Waals surface area contributed by atoms with Crippen molar-refractivity contribution in [2.45, 2.75) is 59.9 Å². The molecule has 0 aliphatic rings. The van der Waals surface area contributed by atoms with Crippen LogP contribution < -0.4 is 0 Å². The largest absolute Gasteiger partial charge is 0.249 e. The zero-order chi connectivity index (χ0) is 11.6. The Labute approximate surface area is 92.9 Å². The van der Waals surface area contributed by atoms with Crippen LogP contribution in [0.2, 0.25) is 0 Å². The lowest BCUT2D eigenvalue weighted by molar-refractivity contribution is 0.452. The highest BCUT2D eigenvalue weighted by Gasteiger charge is 2.18. The maximum Gasteiger partial charge on any atom is 0.0887 e. The van der Waals surface area contributed by atoms with Gasteiger partial charge in [-0.15, -0.1) is 5.10 Å². The number of aromatic nitrogens is 3. The van der Waals surface area contributed by atoms with E-state index in [2.05, 4.69) is 56.5 Å². The van der Waals surface area contributed by atoms with Crippen LogP contribution in [0.1, 0.15) is 64.8 Å². The van der Waals surface area contributed by atoms with Crippen LogP contribution in [-0.2, 0) is 6.54 Å². The number of rotatable bonds is 4. The molecule has 0 saturated carbocycles. The van der Waals surface area contributed by atoms with Gasteiger partial charge in [-0.3, -0.25) is 0 Å². The van der Waals surface area contributed by atoms with E-state index in [4.69, 9.17) is 0 Å². The lowest BCUT2D eigenvalue weighted by atomic mass is 10.0. The summed E-state index contributed by atoms with van der Waals surface area (Å²) in [6, 6.07) is 0. The van der Waals surface area contributed by atoms with Crippen molar-refractivity contribution in [1.29, 1.82) is 0 Å². The predicted molar refractivity (Wildman–Crippen MR) is 63.0 cm³/mol. The SMILES string of the molecule is CC(C)Cn1nnc(C(C)C)c1C(C)C. The summed E-state index contributed by atoms with van der Waals surface area (Å²) in [5, 5.41) is 8.57. The lowest BCUT2D eigenvalue weighted by Gasteiger charge is -2.13. The minimum absolute atomic E-state index is 0.461. The summed E-state index contributed by atoms with van der Waals surface area (Å²) < 4.78 is 2.07. The van der Waals surface area contributed by atoms with Crippen LogP contribution in [-0.4, -0.2) is 15.0 Å². The quantitative estimate of drug-likeness (QED) is 0.762. The van der Waals surface area contributed by atoms with E-state index in [9.17, 15) is 0 Å². The van der Waals surface area contributed by atoms with Crippen molar-refractivity contribution in [3.8, 4) is 0 Å². The summed E-state index contributed by atoms with van der Waals surface area (Å²) in [5.74, 6) is 1.57. The molecule has 0 bridgehead atoms. The van der Waals surface area contributed by atoms with Crippen LogP contribution in [0.15, 0.2) is 0 Å². The van der Waals surface area contributed by atoms with Gasteiger partial charge < -0.3 is 0 Å². The number of nitrogens with zero attached hydrogens (tertiary/aromatic N) is 3. The van der Waals surface area contributed by atoms with Gasteiger partial charge >= 0.3 is 0 Å². The minimum Gasteiger partial charge on any atom is -0.249 e. The van der Waals surface area contributed by atoms with Gasteiger partial charge in [0.15, 0.2) is 0 Å². The van der Waals surface area contributed by atoms with Crippen LogP contribution in [0.3, 0.4) is 0 Å². The fraction of sp³-hybridized carbons (Fsp3) is 0.833. The van der Waals surface area contributed by atoms with Crippen LogP contribution in [0.5, 0.6) is 0 Å². The van der Waals surface area contributed by atoms with E-state index >= 15 is 0 Å². The molecule has 1 rings (SSSR count). The predicted octanol–water partition coefficient (Wildman–Crippen LogP) is 3.18. The molecule has 15 heavy (non-hydrogen) atoms. The van der Waals surface area contributed by atoms with E-state index < -0.39 is 0 Å². The maximum absolute atomic E-state index is 4.30. The molecule has 1 aromatic heterocycles. The summed E-state index contributed by atoms with van der Waals surface area (Å²) >= 11 is 0. The third-order valence-corrected chi connectivity index (χ3v) is 2.43. The molecule has 3 nitrogen and oxygen atoms in total. The average Bonchev–Trinajstić information content (AvgIpc) is 2.46. The monoisotopic (exact) mass is 209 g/mol. The Bertz CT molecular complexity index is 311. The smallest absolute Gasteiger partial charge is 0.0887 e. The fourth-order valence-electron chi connectivity index (χ4n) is 1.82. The third-order valence-electron chi connectivity index (χ3n) is 2.43. The van der Waals surface area contributed by atoms with Gasteiger partial charge in [0.05, 0.1) is 11.4 Å². The molecule has 0 N–H and O–H groups in total. The zero-order valence-electron chi connectivity index (χ0n) is 10.8. The van der Waals surface area contributed by atoms with Crippen LogP contribution >= 0.6 is 0 Å². The van der Waals surface area contributed by atoms with Crippen molar-refractivity contribution in [2.75, 3.05) is 0 Å². The topological polar surface area (TPSA) is 30.7 Å². The van der Waals surface area contributed by atoms with Gasteiger partial charge in [-0.2, -0.15) is 0 Å². The Kier molecular flexibility index (Phi) is 3.89. The summed E-state index contributed by atoms with van der Waals surface area (Å²) in [7, 11) is 0. The van der Waals surface area contributed by atoms with E-state index in [0.717, 1.165) is 12.2 Å². The van der Waals surface area contributed by atoms with Crippen molar-refractivity contribution in [1.82, 2.24) is 15.0 Å². The molecular weight excluding hydrogens is 186 g/mol. The number of hydrogen-bond donors (Lipinski definition) is 0. The molecule has 0 aliphatic heterocycles. The summed E-state index contributed by atoms with van der Waals surface area (Å²) in [4.78, 5) is 0. The molecule has 0 atom stereocenters. The van der Waals surface area contributed by atoms with Crippen molar-refractivity contribution in [3.63, 3.8) is 0 Å². The summed E-state index contributed by atoms with van der Waals surface area (Å²) in [6.07, 6.45) is 0.